The molecule has 11 heteroatoms. The van der Waals surface area contributed by atoms with Crippen molar-refractivity contribution in [2.45, 2.75) is 18.8 Å². The van der Waals surface area contributed by atoms with Crippen LogP contribution in [0.15, 0.2) is 97.1 Å². The van der Waals surface area contributed by atoms with Crippen molar-refractivity contribution in [1.29, 1.82) is 0 Å². The molecule has 42 heavy (non-hydrogen) atoms. The molecule has 0 spiro atoms. The predicted octanol–water partition coefficient (Wildman–Crippen LogP) is 5.21. The average molecular weight is 602 g/mol. The Balaban J connectivity index is 1.75. The molecule has 0 aliphatic rings. The summed E-state index contributed by atoms with van der Waals surface area (Å²) in [4.78, 5) is 25.6. The molecule has 0 bridgehead atoms. The van der Waals surface area contributed by atoms with Gasteiger partial charge in [-0.2, -0.15) is 13.2 Å². The number of ether oxygens (including phenoxy) is 2. The zero-order valence-electron chi connectivity index (χ0n) is 26.0. The van der Waals surface area contributed by atoms with Crippen molar-refractivity contribution in [1.82, 2.24) is 5.32 Å². The lowest BCUT2D eigenvalue weighted by Gasteiger charge is -2.23. The van der Waals surface area contributed by atoms with Crippen molar-refractivity contribution >= 4 is 34.9 Å². The Morgan fingerprint density at radius 1 is 0.976 bits per heavy atom. The lowest BCUT2D eigenvalue weighted by molar-refractivity contribution is -0.216. The minimum absolute atomic E-state index is 0.0457. The van der Waals surface area contributed by atoms with Crippen LogP contribution in [-0.2, 0) is 15.8 Å². The highest BCUT2D eigenvalue weighted by Gasteiger charge is 2.41. The van der Waals surface area contributed by atoms with Crippen LogP contribution in [0, 0.1) is 0 Å². The molecule has 4 aromatic carbocycles. The first kappa shape index (κ1) is 25.3. The van der Waals surface area contributed by atoms with Crippen LogP contribution in [-0.4, -0.2) is 37.3 Å². The summed E-state index contributed by atoms with van der Waals surface area (Å²) in [5.74, 6) is -2.30. The largest absolute Gasteiger partial charge is 0.496 e. The second-order valence-corrected chi connectivity index (χ2v) is 11.7. The van der Waals surface area contributed by atoms with Gasteiger partial charge in [0.05, 0.1) is 23.7 Å². The van der Waals surface area contributed by atoms with Gasteiger partial charge in [0.1, 0.15) is 5.75 Å². The minimum atomic E-state index is -5.44. The number of carbonyl (C=O) groups excluding carboxylic acids is 1. The molecule has 0 radical (unpaired) electrons. The van der Waals surface area contributed by atoms with E-state index in [0.717, 1.165) is 25.3 Å². The Morgan fingerprint density at radius 3 is 2.12 bits per heavy atom. The van der Waals surface area contributed by atoms with Crippen LogP contribution < -0.4 is 26.0 Å². The molecule has 1 unspecified atom stereocenters. The van der Waals surface area contributed by atoms with Crippen LogP contribution in [0.3, 0.4) is 0 Å². The Labute approximate surface area is 245 Å². The van der Waals surface area contributed by atoms with E-state index in [4.69, 9.17) is 10.2 Å². The third kappa shape index (κ3) is 6.25. The molecule has 0 saturated carbocycles. The van der Waals surface area contributed by atoms with Crippen molar-refractivity contribution in [2.24, 2.45) is 0 Å². The molecule has 0 aliphatic heterocycles. The van der Waals surface area contributed by atoms with Crippen molar-refractivity contribution < 1.29 is 47.4 Å². The number of aromatic carboxylic acids is 1. The van der Waals surface area contributed by atoms with E-state index in [1.165, 1.54) is 18.2 Å². The smallest absolute Gasteiger partial charge is 0.418 e. The van der Waals surface area contributed by atoms with Gasteiger partial charge in [-0.3, -0.25) is 4.79 Å². The number of amides is 1. The average Bonchev–Trinajstić information content (AvgIpc) is 3.02. The highest BCUT2D eigenvalue weighted by atomic mass is 31.2. The quantitative estimate of drug-likeness (QED) is 0.242. The topological polar surface area (TPSA) is 102 Å². The van der Waals surface area contributed by atoms with Gasteiger partial charge in [-0.15, -0.1) is 0 Å². The number of halogens is 3. The zero-order valence-corrected chi connectivity index (χ0v) is 22.9. The molecule has 0 heterocycles. The maximum absolute atomic E-state index is 15.0. The SMILES string of the molecule is [2H]C([2H])([2H])OC([2H])(c1ccc(CNC(=O)c2ccc(C(=O)O)cc2P(=O)(c2ccccc2)c2ccccc2)c(OC)c1)C(F)(F)F. The Hall–Kier alpha value is -4.40. The van der Waals surface area contributed by atoms with Crippen LogP contribution in [0.2, 0.25) is 0 Å². The minimum Gasteiger partial charge on any atom is -0.496 e. The van der Waals surface area contributed by atoms with Crippen molar-refractivity contribution in [3.8, 4) is 5.75 Å². The maximum Gasteiger partial charge on any atom is 0.418 e. The zero-order chi connectivity index (χ0) is 33.9. The van der Waals surface area contributed by atoms with Gasteiger partial charge in [-0.1, -0.05) is 72.8 Å². The molecular weight excluding hydrogens is 570 g/mol. The second-order valence-electron chi connectivity index (χ2n) is 8.96. The lowest BCUT2D eigenvalue weighted by atomic mass is 10.0. The van der Waals surface area contributed by atoms with Crippen LogP contribution >= 0.6 is 7.14 Å². The Morgan fingerprint density at radius 2 is 1.60 bits per heavy atom. The molecule has 7 nitrogen and oxygen atoms in total. The number of carbonyl (C=O) groups is 2. The molecule has 4 rings (SSSR count). The van der Waals surface area contributed by atoms with E-state index in [0.29, 0.717) is 10.6 Å². The molecule has 2 N–H and O–H groups in total. The first-order valence-electron chi connectivity index (χ1n) is 14.3. The van der Waals surface area contributed by atoms with Crippen molar-refractivity contribution in [3.63, 3.8) is 0 Å². The van der Waals surface area contributed by atoms with Crippen LogP contribution in [0.25, 0.3) is 0 Å². The predicted molar refractivity (Wildman–Crippen MR) is 153 cm³/mol. The van der Waals surface area contributed by atoms with E-state index in [1.54, 1.807) is 60.7 Å². The number of nitrogens with one attached hydrogen (secondary N) is 1. The van der Waals surface area contributed by atoms with Gasteiger partial charge in [-0.25, -0.2) is 4.79 Å². The number of methoxy groups -OCH3 is 2. The fraction of sp³-hybridized carbons (Fsp3) is 0.161. The Kier molecular flexibility index (Phi) is 7.61. The maximum atomic E-state index is 15.0. The summed E-state index contributed by atoms with van der Waals surface area (Å²) >= 11 is 0. The van der Waals surface area contributed by atoms with Crippen molar-refractivity contribution in [2.75, 3.05) is 14.1 Å². The molecule has 0 aromatic heterocycles. The van der Waals surface area contributed by atoms with Gasteiger partial charge in [0, 0.05) is 35.1 Å². The summed E-state index contributed by atoms with van der Waals surface area (Å²) in [5.41, 5.74) is -1.04. The van der Waals surface area contributed by atoms with Crippen molar-refractivity contribution in [3.05, 3.63) is 119 Å². The summed E-state index contributed by atoms with van der Waals surface area (Å²) in [6.45, 7) is -0.333. The third-order valence-electron chi connectivity index (χ3n) is 6.42. The van der Waals surface area contributed by atoms with E-state index in [1.807, 2.05) is 0 Å². The monoisotopic (exact) mass is 601 g/mol. The van der Waals surface area contributed by atoms with Gasteiger partial charge in [-0.05, 0) is 29.8 Å². The summed E-state index contributed by atoms with van der Waals surface area (Å²) in [6, 6.07) is 22.9. The molecule has 4 aromatic rings. The number of hydrogen-bond donors (Lipinski definition) is 2. The Bertz CT molecular complexity index is 1750. The fourth-order valence-electron chi connectivity index (χ4n) is 4.40. The molecule has 218 valence electrons. The number of alkyl halides is 3. The van der Waals surface area contributed by atoms with Gasteiger partial charge in [0.25, 0.3) is 5.91 Å². The van der Waals surface area contributed by atoms with E-state index in [2.05, 4.69) is 10.1 Å². The number of hydrogen-bond acceptors (Lipinski definition) is 5. The third-order valence-corrected chi connectivity index (χ3v) is 9.52. The first-order valence-corrected chi connectivity index (χ1v) is 14.0. The normalized spacial score (nSPS) is 14.9. The van der Waals surface area contributed by atoms with Gasteiger partial charge >= 0.3 is 12.1 Å². The molecule has 0 saturated heterocycles. The van der Waals surface area contributed by atoms with E-state index >= 15 is 4.57 Å². The number of rotatable bonds is 10. The fourth-order valence-corrected chi connectivity index (χ4v) is 7.28. The summed E-state index contributed by atoms with van der Waals surface area (Å²) in [6.07, 6.45) is -9.39. The highest BCUT2D eigenvalue weighted by molar-refractivity contribution is 7.85. The number of carboxylic acid groups (broad SMARTS) is 1. The summed E-state index contributed by atoms with van der Waals surface area (Å²) in [5, 5.41) is 13.0. The number of benzene rings is 4. The number of carboxylic acids is 1. The van der Waals surface area contributed by atoms with E-state index in [9.17, 15) is 27.9 Å². The van der Waals surface area contributed by atoms with E-state index in [-0.39, 0.29) is 34.3 Å². The van der Waals surface area contributed by atoms with Gasteiger partial charge in [0.2, 0.25) is 0 Å². The van der Waals surface area contributed by atoms with Crippen LogP contribution in [0.4, 0.5) is 13.2 Å². The standard InChI is InChI=1S/C31H27F3NO6P/c1-40-26-17-20(28(41-2)31(32,33)34)13-14-22(26)19-35-29(36)25-16-15-21(30(37)38)18-27(25)42(39,23-9-5-3-6-10-23)24-11-7-4-8-12-24/h3-18,28H,19H2,1-2H3,(H,35,36)(H,37,38)/i2D3,28D. The summed E-state index contributed by atoms with van der Waals surface area (Å²) < 4.78 is 95.1. The van der Waals surface area contributed by atoms with Crippen LogP contribution in [0.1, 0.15) is 43.4 Å². The first-order chi connectivity index (χ1) is 21.5. The molecule has 1 amide bonds. The lowest BCUT2D eigenvalue weighted by Crippen LogP contribution is -2.33. The molecule has 1 atom stereocenters. The van der Waals surface area contributed by atoms with Gasteiger partial charge in [0.15, 0.2) is 13.2 Å². The summed E-state index contributed by atoms with van der Waals surface area (Å²) in [7, 11) is -6.26. The van der Waals surface area contributed by atoms with E-state index < -0.39 is 43.9 Å². The molecular formula is C31H27F3NO6P. The molecule has 0 fully saturated rings. The van der Waals surface area contributed by atoms with Gasteiger partial charge < -0.3 is 24.5 Å². The highest BCUT2D eigenvalue weighted by Crippen LogP contribution is 2.43. The molecule has 0 aliphatic carbocycles. The second kappa shape index (κ2) is 12.6. The van der Waals surface area contributed by atoms with Crippen LogP contribution in [0.5, 0.6) is 5.75 Å².